The standard InChI is InChI=1S/C19H15BrN2O4/c20-17-11-10-16(26-17)19(24)22-21-18(23)14-6-8-15(9-7-14)25-12-13-4-2-1-3-5-13/h1-11H,12H2,(H,21,23)(H,22,24). The highest BCUT2D eigenvalue weighted by Crippen LogP contribution is 2.15. The highest BCUT2D eigenvalue weighted by atomic mass is 79.9. The van der Waals surface area contributed by atoms with Crippen molar-refractivity contribution in [2.75, 3.05) is 0 Å². The van der Waals surface area contributed by atoms with Gasteiger partial charge in [0.05, 0.1) is 0 Å². The molecule has 2 aromatic carbocycles. The van der Waals surface area contributed by atoms with Gasteiger partial charge in [-0.15, -0.1) is 0 Å². The second-order valence-electron chi connectivity index (χ2n) is 5.31. The van der Waals surface area contributed by atoms with E-state index < -0.39 is 11.8 Å². The number of hydrogen-bond acceptors (Lipinski definition) is 4. The fraction of sp³-hybridized carbons (Fsp3) is 0.0526. The summed E-state index contributed by atoms with van der Waals surface area (Å²) in [7, 11) is 0. The van der Waals surface area contributed by atoms with Crippen LogP contribution >= 0.6 is 15.9 Å². The number of carbonyl (C=O) groups excluding carboxylic acids is 2. The third-order valence-electron chi connectivity index (χ3n) is 3.45. The van der Waals surface area contributed by atoms with E-state index in [1.165, 1.54) is 6.07 Å². The zero-order valence-corrected chi connectivity index (χ0v) is 15.2. The summed E-state index contributed by atoms with van der Waals surface area (Å²) in [6, 6.07) is 19.5. The van der Waals surface area contributed by atoms with Crippen molar-refractivity contribution < 1.29 is 18.7 Å². The van der Waals surface area contributed by atoms with Crippen LogP contribution < -0.4 is 15.6 Å². The minimum Gasteiger partial charge on any atom is -0.489 e. The summed E-state index contributed by atoms with van der Waals surface area (Å²) in [4.78, 5) is 23.9. The molecule has 0 bridgehead atoms. The molecule has 6 nitrogen and oxygen atoms in total. The van der Waals surface area contributed by atoms with Crippen LogP contribution in [0.2, 0.25) is 0 Å². The van der Waals surface area contributed by atoms with Crippen molar-refractivity contribution in [2.45, 2.75) is 6.61 Å². The Bertz CT molecular complexity index is 891. The van der Waals surface area contributed by atoms with Gasteiger partial charge in [0.25, 0.3) is 5.91 Å². The maximum atomic E-state index is 12.1. The smallest absolute Gasteiger partial charge is 0.305 e. The molecular formula is C19H15BrN2O4. The second-order valence-corrected chi connectivity index (χ2v) is 6.09. The first kappa shape index (κ1) is 17.8. The molecule has 0 saturated carbocycles. The zero-order valence-electron chi connectivity index (χ0n) is 13.6. The predicted molar refractivity (Wildman–Crippen MR) is 98.6 cm³/mol. The van der Waals surface area contributed by atoms with Crippen LogP contribution in [0.15, 0.2) is 75.8 Å². The Morgan fingerprint density at radius 2 is 1.58 bits per heavy atom. The van der Waals surface area contributed by atoms with Crippen molar-refractivity contribution in [1.82, 2.24) is 10.9 Å². The average Bonchev–Trinajstić information content (AvgIpc) is 3.12. The van der Waals surface area contributed by atoms with Crippen LogP contribution in [0.25, 0.3) is 0 Å². The quantitative estimate of drug-likeness (QED) is 0.623. The Morgan fingerprint density at radius 3 is 2.23 bits per heavy atom. The van der Waals surface area contributed by atoms with Crippen molar-refractivity contribution in [3.8, 4) is 5.75 Å². The molecule has 7 heteroatoms. The molecule has 0 radical (unpaired) electrons. The number of hydrazine groups is 1. The summed E-state index contributed by atoms with van der Waals surface area (Å²) in [6.07, 6.45) is 0. The number of hydrogen-bond donors (Lipinski definition) is 2. The Balaban J connectivity index is 1.51. The van der Waals surface area contributed by atoms with Crippen molar-refractivity contribution in [2.24, 2.45) is 0 Å². The van der Waals surface area contributed by atoms with E-state index in [2.05, 4.69) is 26.8 Å². The van der Waals surface area contributed by atoms with E-state index in [1.54, 1.807) is 30.3 Å². The molecule has 3 rings (SSSR count). The van der Waals surface area contributed by atoms with Crippen molar-refractivity contribution >= 4 is 27.7 Å². The molecule has 2 N–H and O–H groups in total. The van der Waals surface area contributed by atoms with E-state index in [0.717, 1.165) is 5.56 Å². The van der Waals surface area contributed by atoms with E-state index in [9.17, 15) is 9.59 Å². The van der Waals surface area contributed by atoms with E-state index in [0.29, 0.717) is 22.6 Å². The first-order valence-corrected chi connectivity index (χ1v) is 8.54. The topological polar surface area (TPSA) is 80.6 Å². The van der Waals surface area contributed by atoms with Crippen LogP contribution in [0, 0.1) is 0 Å². The Labute approximate surface area is 158 Å². The summed E-state index contributed by atoms with van der Waals surface area (Å²) in [6.45, 7) is 0.446. The van der Waals surface area contributed by atoms with Crippen LogP contribution in [-0.2, 0) is 6.61 Å². The summed E-state index contributed by atoms with van der Waals surface area (Å²) in [5, 5.41) is 0. The first-order chi connectivity index (χ1) is 12.6. The summed E-state index contributed by atoms with van der Waals surface area (Å²) < 4.78 is 11.2. The fourth-order valence-electron chi connectivity index (χ4n) is 2.13. The number of rotatable bonds is 5. The maximum absolute atomic E-state index is 12.1. The molecule has 26 heavy (non-hydrogen) atoms. The maximum Gasteiger partial charge on any atom is 0.305 e. The molecule has 2 amide bonds. The number of carbonyl (C=O) groups is 2. The van der Waals surface area contributed by atoms with Crippen molar-refractivity contribution in [3.63, 3.8) is 0 Å². The second kappa shape index (κ2) is 8.35. The van der Waals surface area contributed by atoms with Gasteiger partial charge in [0.2, 0.25) is 0 Å². The highest BCUT2D eigenvalue weighted by Gasteiger charge is 2.12. The molecule has 1 heterocycles. The van der Waals surface area contributed by atoms with E-state index in [4.69, 9.17) is 9.15 Å². The van der Waals surface area contributed by atoms with Gasteiger partial charge in [-0.1, -0.05) is 30.3 Å². The van der Waals surface area contributed by atoms with Gasteiger partial charge in [-0.25, -0.2) is 0 Å². The highest BCUT2D eigenvalue weighted by molar-refractivity contribution is 9.10. The number of nitrogens with one attached hydrogen (secondary N) is 2. The lowest BCUT2D eigenvalue weighted by atomic mass is 10.2. The Kier molecular flexibility index (Phi) is 5.70. The Morgan fingerprint density at radius 1 is 0.885 bits per heavy atom. The molecule has 0 aliphatic carbocycles. The summed E-state index contributed by atoms with van der Waals surface area (Å²) in [5.41, 5.74) is 6.06. The lowest BCUT2D eigenvalue weighted by molar-refractivity contribution is 0.0830. The minimum absolute atomic E-state index is 0.0850. The van der Waals surface area contributed by atoms with Gasteiger partial charge >= 0.3 is 5.91 Å². The molecule has 0 spiro atoms. The summed E-state index contributed by atoms with van der Waals surface area (Å²) in [5.74, 6) is -0.262. The van der Waals surface area contributed by atoms with Gasteiger partial charge < -0.3 is 9.15 Å². The number of furan rings is 1. The number of halogens is 1. The molecule has 0 atom stereocenters. The van der Waals surface area contributed by atoms with Gasteiger partial charge in [-0.3, -0.25) is 20.4 Å². The lowest BCUT2D eigenvalue weighted by Crippen LogP contribution is -2.41. The first-order valence-electron chi connectivity index (χ1n) is 7.74. The lowest BCUT2D eigenvalue weighted by Gasteiger charge is -2.08. The molecule has 0 saturated heterocycles. The van der Waals surface area contributed by atoms with Gasteiger partial charge in [0.1, 0.15) is 12.4 Å². The van der Waals surface area contributed by atoms with E-state index in [-0.39, 0.29) is 5.76 Å². The van der Waals surface area contributed by atoms with Crippen molar-refractivity contribution in [1.29, 1.82) is 0 Å². The number of benzene rings is 2. The van der Waals surface area contributed by atoms with Crippen LogP contribution in [0.3, 0.4) is 0 Å². The normalized spacial score (nSPS) is 10.2. The molecule has 1 aromatic heterocycles. The minimum atomic E-state index is -0.549. The van der Waals surface area contributed by atoms with Gasteiger partial charge in [0, 0.05) is 5.56 Å². The van der Waals surface area contributed by atoms with E-state index in [1.807, 2.05) is 30.3 Å². The third-order valence-corrected chi connectivity index (χ3v) is 3.88. The number of amides is 2. The van der Waals surface area contributed by atoms with Gasteiger partial charge in [-0.2, -0.15) is 0 Å². The molecule has 132 valence electrons. The summed E-state index contributed by atoms with van der Waals surface area (Å²) >= 11 is 3.11. The SMILES string of the molecule is O=C(NNC(=O)c1ccc(Br)o1)c1ccc(OCc2ccccc2)cc1. The molecule has 0 unspecified atom stereocenters. The fourth-order valence-corrected chi connectivity index (χ4v) is 2.43. The monoisotopic (exact) mass is 414 g/mol. The van der Waals surface area contributed by atoms with Crippen LogP contribution in [0.5, 0.6) is 5.75 Å². The molecule has 3 aromatic rings. The van der Waals surface area contributed by atoms with E-state index >= 15 is 0 Å². The largest absolute Gasteiger partial charge is 0.489 e. The van der Waals surface area contributed by atoms with Crippen LogP contribution in [-0.4, -0.2) is 11.8 Å². The molecule has 0 fully saturated rings. The zero-order chi connectivity index (χ0) is 18.4. The van der Waals surface area contributed by atoms with Gasteiger partial charge in [-0.05, 0) is 57.9 Å². The third kappa shape index (κ3) is 4.73. The number of ether oxygens (including phenoxy) is 1. The molecule has 0 aliphatic heterocycles. The Hall–Kier alpha value is -3.06. The predicted octanol–water partition coefficient (Wildman–Crippen LogP) is 3.70. The molecular weight excluding hydrogens is 400 g/mol. The van der Waals surface area contributed by atoms with Crippen molar-refractivity contribution in [3.05, 3.63) is 88.3 Å². The van der Waals surface area contributed by atoms with Crippen LogP contribution in [0.1, 0.15) is 26.5 Å². The van der Waals surface area contributed by atoms with Crippen LogP contribution in [0.4, 0.5) is 0 Å². The molecule has 0 aliphatic rings. The van der Waals surface area contributed by atoms with Gasteiger partial charge in [0.15, 0.2) is 10.4 Å². The average molecular weight is 415 g/mol.